The van der Waals surface area contributed by atoms with Gasteiger partial charge in [0, 0.05) is 38.3 Å². The zero-order valence-corrected chi connectivity index (χ0v) is 14.5. The maximum Gasteiger partial charge on any atom is 0.217 e. The number of rotatable bonds is 6. The second-order valence-corrected chi connectivity index (χ2v) is 6.00. The van der Waals surface area contributed by atoms with Crippen LogP contribution in [-0.4, -0.2) is 48.5 Å². The zero-order chi connectivity index (χ0) is 17.4. The quantitative estimate of drug-likeness (QED) is 0.601. The number of aliphatic imine (C=N–C) groups is 1. The first kappa shape index (κ1) is 18.0. The van der Waals surface area contributed by atoms with Crippen molar-refractivity contribution in [2.24, 2.45) is 16.6 Å². The Kier molecular flexibility index (Phi) is 6.84. The number of nitrogens with zero attached hydrogens (tertiary/aromatic N) is 3. The highest BCUT2D eigenvalue weighted by Crippen LogP contribution is 2.19. The van der Waals surface area contributed by atoms with E-state index in [4.69, 9.17) is 15.5 Å². The minimum atomic E-state index is -0.229. The Morgan fingerprint density at radius 1 is 1.58 bits per heavy atom. The van der Waals surface area contributed by atoms with Crippen LogP contribution in [0.4, 0.5) is 0 Å². The van der Waals surface area contributed by atoms with Crippen LogP contribution in [-0.2, 0) is 11.3 Å². The number of hydrogen-bond acceptors (Lipinski definition) is 4. The van der Waals surface area contributed by atoms with Gasteiger partial charge >= 0.3 is 0 Å². The van der Waals surface area contributed by atoms with Crippen LogP contribution in [0, 0.1) is 5.92 Å². The average Bonchev–Trinajstić information content (AvgIpc) is 2.58. The molecule has 3 N–H and O–H groups in total. The molecule has 1 unspecified atom stereocenters. The maximum atomic E-state index is 11.2. The van der Waals surface area contributed by atoms with Crippen molar-refractivity contribution in [3.8, 4) is 5.88 Å². The molecule has 2 heterocycles. The zero-order valence-electron chi connectivity index (χ0n) is 14.5. The summed E-state index contributed by atoms with van der Waals surface area (Å²) in [6.07, 6.45) is 4.25. The fraction of sp³-hybridized carbons (Fsp3) is 0.588. The second-order valence-electron chi connectivity index (χ2n) is 6.00. The van der Waals surface area contributed by atoms with Crippen LogP contribution in [0.1, 0.15) is 31.7 Å². The maximum absolute atomic E-state index is 11.2. The molecule has 24 heavy (non-hydrogen) atoms. The predicted molar refractivity (Wildman–Crippen MR) is 93.7 cm³/mol. The van der Waals surface area contributed by atoms with E-state index in [9.17, 15) is 4.79 Å². The number of guanidine groups is 1. The molecular formula is C17H27N5O2. The van der Waals surface area contributed by atoms with Crippen molar-refractivity contribution >= 4 is 11.9 Å². The van der Waals surface area contributed by atoms with Gasteiger partial charge in [-0.25, -0.2) is 9.98 Å². The monoisotopic (exact) mass is 333 g/mol. The Morgan fingerprint density at radius 2 is 2.42 bits per heavy atom. The van der Waals surface area contributed by atoms with E-state index in [1.165, 1.54) is 0 Å². The molecule has 0 bridgehead atoms. The van der Waals surface area contributed by atoms with Gasteiger partial charge in [-0.2, -0.15) is 0 Å². The van der Waals surface area contributed by atoms with Gasteiger partial charge in [0.15, 0.2) is 5.96 Å². The third-order valence-electron chi connectivity index (χ3n) is 4.06. The number of likely N-dealkylation sites (tertiary alicyclic amines) is 1. The largest absolute Gasteiger partial charge is 0.481 e. The van der Waals surface area contributed by atoms with Crippen molar-refractivity contribution in [1.29, 1.82) is 0 Å². The molecule has 1 aromatic rings. The minimum absolute atomic E-state index is 0.229. The van der Waals surface area contributed by atoms with Gasteiger partial charge < -0.3 is 20.7 Å². The van der Waals surface area contributed by atoms with Gasteiger partial charge in [0.2, 0.25) is 11.8 Å². The van der Waals surface area contributed by atoms with Gasteiger partial charge in [-0.1, -0.05) is 0 Å². The van der Waals surface area contributed by atoms with Gasteiger partial charge in [0.05, 0.1) is 13.7 Å². The number of carbonyl (C=O) groups is 1. The Labute approximate surface area is 143 Å². The second kappa shape index (κ2) is 9.10. The molecule has 1 amide bonds. The number of methoxy groups -OCH3 is 1. The fourth-order valence-corrected chi connectivity index (χ4v) is 2.96. The number of aromatic nitrogens is 1. The highest BCUT2D eigenvalue weighted by molar-refractivity contribution is 5.80. The van der Waals surface area contributed by atoms with Crippen LogP contribution < -0.4 is 15.8 Å². The number of amides is 1. The van der Waals surface area contributed by atoms with Crippen LogP contribution in [0.3, 0.4) is 0 Å². The highest BCUT2D eigenvalue weighted by Gasteiger charge is 2.23. The van der Waals surface area contributed by atoms with Crippen molar-refractivity contribution < 1.29 is 9.53 Å². The summed E-state index contributed by atoms with van der Waals surface area (Å²) >= 11 is 0. The summed E-state index contributed by atoms with van der Waals surface area (Å²) < 4.78 is 5.15. The molecular weight excluding hydrogens is 306 g/mol. The number of carbonyl (C=O) groups excluding carboxylic acids is 1. The smallest absolute Gasteiger partial charge is 0.217 e. The molecule has 7 heteroatoms. The summed E-state index contributed by atoms with van der Waals surface area (Å²) in [5.41, 5.74) is 6.39. The van der Waals surface area contributed by atoms with E-state index in [1.54, 1.807) is 13.3 Å². The number of hydrogen-bond donors (Lipinski definition) is 2. The van der Waals surface area contributed by atoms with Gasteiger partial charge in [-0.05, 0) is 37.3 Å². The molecule has 0 aliphatic carbocycles. The lowest BCUT2D eigenvalue weighted by molar-refractivity contribution is -0.119. The summed E-state index contributed by atoms with van der Waals surface area (Å²) in [5, 5.41) is 3.34. The van der Waals surface area contributed by atoms with Crippen LogP contribution in [0.25, 0.3) is 0 Å². The molecule has 1 atom stereocenters. The Balaban J connectivity index is 2.05. The van der Waals surface area contributed by atoms with Crippen LogP contribution in [0.5, 0.6) is 5.88 Å². The van der Waals surface area contributed by atoms with Crippen molar-refractivity contribution in [3.63, 3.8) is 0 Å². The van der Waals surface area contributed by atoms with Crippen molar-refractivity contribution in [2.45, 2.75) is 32.7 Å². The predicted octanol–water partition coefficient (Wildman–Crippen LogP) is 1.14. The average molecular weight is 333 g/mol. The Bertz CT molecular complexity index is 576. The van der Waals surface area contributed by atoms with E-state index in [0.717, 1.165) is 44.0 Å². The topological polar surface area (TPSA) is 92.8 Å². The Hall–Kier alpha value is -2.31. The van der Waals surface area contributed by atoms with Gasteiger partial charge in [-0.15, -0.1) is 0 Å². The lowest BCUT2D eigenvalue weighted by Gasteiger charge is -2.34. The summed E-state index contributed by atoms with van der Waals surface area (Å²) in [6, 6.07) is 3.82. The number of pyridine rings is 1. The molecule has 1 aromatic heterocycles. The van der Waals surface area contributed by atoms with Gasteiger partial charge in [0.25, 0.3) is 0 Å². The molecule has 1 aliphatic heterocycles. The number of nitrogens with one attached hydrogen (secondary N) is 1. The standard InChI is InChI=1S/C17H27N5O2/c1-3-19-17(21-11-13-6-7-20-16(10-13)24-2)22-8-4-5-14(12-22)9-15(18)23/h6-7,10,14H,3-5,8-9,11-12H2,1-2H3,(H2,18,23)(H,19,21). The minimum Gasteiger partial charge on any atom is -0.481 e. The normalized spacial score (nSPS) is 18.3. The molecule has 1 fully saturated rings. The SMILES string of the molecule is CCNC(=NCc1ccnc(OC)c1)N1CCCC(CC(N)=O)C1. The van der Waals surface area contributed by atoms with Gasteiger partial charge in [0.1, 0.15) is 0 Å². The first-order chi connectivity index (χ1) is 11.6. The molecule has 0 spiro atoms. The highest BCUT2D eigenvalue weighted by atomic mass is 16.5. The van der Waals surface area contributed by atoms with E-state index in [0.29, 0.717) is 24.8 Å². The molecule has 0 radical (unpaired) electrons. The number of primary amides is 1. The Morgan fingerprint density at radius 3 is 3.12 bits per heavy atom. The van der Waals surface area contributed by atoms with Crippen LogP contribution >= 0.6 is 0 Å². The first-order valence-electron chi connectivity index (χ1n) is 8.42. The summed E-state index contributed by atoms with van der Waals surface area (Å²) in [6.45, 7) is 5.17. The summed E-state index contributed by atoms with van der Waals surface area (Å²) in [7, 11) is 1.60. The van der Waals surface area contributed by atoms with Crippen molar-refractivity contribution in [2.75, 3.05) is 26.7 Å². The third kappa shape index (κ3) is 5.40. The summed E-state index contributed by atoms with van der Waals surface area (Å²) in [4.78, 5) is 22.2. The molecule has 0 saturated carbocycles. The molecule has 7 nitrogen and oxygen atoms in total. The molecule has 0 aromatic carbocycles. The van der Waals surface area contributed by atoms with Crippen molar-refractivity contribution in [1.82, 2.24) is 15.2 Å². The lowest BCUT2D eigenvalue weighted by atomic mass is 9.95. The molecule has 2 rings (SSSR count). The number of nitrogens with two attached hydrogens (primary N) is 1. The molecule has 1 aliphatic rings. The van der Waals surface area contributed by atoms with E-state index < -0.39 is 0 Å². The van der Waals surface area contributed by atoms with Gasteiger partial charge in [-0.3, -0.25) is 4.79 Å². The van der Waals surface area contributed by atoms with Crippen LogP contribution in [0.15, 0.2) is 23.3 Å². The van der Waals surface area contributed by atoms with Crippen molar-refractivity contribution in [3.05, 3.63) is 23.9 Å². The first-order valence-corrected chi connectivity index (χ1v) is 8.42. The number of ether oxygens (including phenoxy) is 1. The van der Waals surface area contributed by atoms with E-state index >= 15 is 0 Å². The lowest BCUT2D eigenvalue weighted by Crippen LogP contribution is -2.47. The van der Waals surface area contributed by atoms with E-state index in [1.807, 2.05) is 12.1 Å². The fourth-order valence-electron chi connectivity index (χ4n) is 2.96. The molecule has 1 saturated heterocycles. The summed E-state index contributed by atoms with van der Waals surface area (Å²) in [5.74, 6) is 1.54. The van der Waals surface area contributed by atoms with E-state index in [-0.39, 0.29) is 5.91 Å². The van der Waals surface area contributed by atoms with E-state index in [2.05, 4.69) is 22.1 Å². The van der Waals surface area contributed by atoms with Crippen LogP contribution in [0.2, 0.25) is 0 Å². The molecule has 132 valence electrons. The number of piperidine rings is 1. The third-order valence-corrected chi connectivity index (χ3v) is 4.06.